The molecule has 0 unspecified atom stereocenters. The van der Waals surface area contributed by atoms with E-state index in [0.717, 1.165) is 16.8 Å². The molecule has 0 fully saturated rings. The predicted molar refractivity (Wildman–Crippen MR) is 78.0 cm³/mol. The molecule has 0 spiro atoms. The Morgan fingerprint density at radius 2 is 2.06 bits per heavy atom. The highest BCUT2D eigenvalue weighted by atomic mass is 79.9. The molecular formula is C13H13BrClN3. The summed E-state index contributed by atoms with van der Waals surface area (Å²) < 4.78 is 0.836. The van der Waals surface area contributed by atoms with Crippen molar-refractivity contribution in [2.45, 2.75) is 13.5 Å². The highest BCUT2D eigenvalue weighted by Crippen LogP contribution is 2.25. The van der Waals surface area contributed by atoms with Crippen molar-refractivity contribution in [3.63, 3.8) is 0 Å². The number of nitrogens with zero attached hydrogens (tertiary/aromatic N) is 3. The minimum absolute atomic E-state index is 0.254. The van der Waals surface area contributed by atoms with Crippen LogP contribution in [0.15, 0.2) is 34.9 Å². The van der Waals surface area contributed by atoms with E-state index in [1.54, 1.807) is 6.20 Å². The Labute approximate surface area is 120 Å². The molecule has 3 nitrogen and oxygen atoms in total. The second-order valence-corrected chi connectivity index (χ2v) is 5.29. The minimum atomic E-state index is 0.254. The van der Waals surface area contributed by atoms with Gasteiger partial charge in [-0.1, -0.05) is 24.3 Å². The van der Waals surface area contributed by atoms with Crippen LogP contribution in [0.25, 0.3) is 0 Å². The van der Waals surface area contributed by atoms with Crippen LogP contribution in [0.5, 0.6) is 0 Å². The quantitative estimate of drug-likeness (QED) is 0.803. The Balaban J connectivity index is 2.25. The van der Waals surface area contributed by atoms with Gasteiger partial charge in [0.2, 0.25) is 5.28 Å². The lowest BCUT2D eigenvalue weighted by atomic mass is 10.1. The maximum absolute atomic E-state index is 5.83. The van der Waals surface area contributed by atoms with Gasteiger partial charge in [-0.05, 0) is 45.6 Å². The Kier molecular flexibility index (Phi) is 4.19. The SMILES string of the molecule is Cc1ccccc1CN(C)c1nc(Cl)ncc1Br. The van der Waals surface area contributed by atoms with Crippen molar-refractivity contribution in [1.82, 2.24) is 9.97 Å². The number of hydrogen-bond donors (Lipinski definition) is 0. The molecular weight excluding hydrogens is 314 g/mol. The van der Waals surface area contributed by atoms with Gasteiger partial charge in [0.25, 0.3) is 0 Å². The van der Waals surface area contributed by atoms with Gasteiger partial charge in [0.1, 0.15) is 5.82 Å². The molecule has 1 heterocycles. The van der Waals surface area contributed by atoms with Crippen molar-refractivity contribution < 1.29 is 0 Å². The lowest BCUT2D eigenvalue weighted by molar-refractivity contribution is 0.880. The zero-order valence-electron chi connectivity index (χ0n) is 10.2. The van der Waals surface area contributed by atoms with Crippen LogP contribution in [0.2, 0.25) is 5.28 Å². The van der Waals surface area contributed by atoms with Crippen LogP contribution >= 0.6 is 27.5 Å². The lowest BCUT2D eigenvalue weighted by Gasteiger charge is -2.20. The topological polar surface area (TPSA) is 29.0 Å². The molecule has 94 valence electrons. The highest BCUT2D eigenvalue weighted by molar-refractivity contribution is 9.10. The van der Waals surface area contributed by atoms with Crippen LogP contribution in [0, 0.1) is 6.92 Å². The number of halogens is 2. The molecule has 0 saturated heterocycles. The standard InChI is InChI=1S/C13H13BrClN3/c1-9-5-3-4-6-10(9)8-18(2)12-11(14)7-16-13(15)17-12/h3-7H,8H2,1-2H3. The average molecular weight is 327 g/mol. The van der Waals surface area contributed by atoms with Gasteiger partial charge in [-0.3, -0.25) is 0 Å². The largest absolute Gasteiger partial charge is 0.354 e. The average Bonchev–Trinajstić information content (AvgIpc) is 2.35. The third kappa shape index (κ3) is 3.00. The number of anilines is 1. The first-order valence-electron chi connectivity index (χ1n) is 5.51. The van der Waals surface area contributed by atoms with Crippen LogP contribution in [0.1, 0.15) is 11.1 Å². The smallest absolute Gasteiger partial charge is 0.224 e. The third-order valence-electron chi connectivity index (χ3n) is 2.73. The molecule has 0 aliphatic heterocycles. The molecule has 18 heavy (non-hydrogen) atoms. The van der Waals surface area contributed by atoms with Gasteiger partial charge in [0.05, 0.1) is 4.47 Å². The molecule has 0 aliphatic rings. The molecule has 5 heteroatoms. The van der Waals surface area contributed by atoms with Crippen molar-refractivity contribution in [2.75, 3.05) is 11.9 Å². The second-order valence-electron chi connectivity index (χ2n) is 4.09. The first-order valence-corrected chi connectivity index (χ1v) is 6.68. The molecule has 2 rings (SSSR count). The zero-order chi connectivity index (χ0) is 13.1. The summed E-state index contributed by atoms with van der Waals surface area (Å²) in [6.07, 6.45) is 1.67. The predicted octanol–water partition coefficient (Wildman–Crippen LogP) is 3.84. The van der Waals surface area contributed by atoms with E-state index < -0.39 is 0 Å². The number of rotatable bonds is 3. The van der Waals surface area contributed by atoms with E-state index in [4.69, 9.17) is 11.6 Å². The lowest BCUT2D eigenvalue weighted by Crippen LogP contribution is -2.19. The fourth-order valence-electron chi connectivity index (χ4n) is 1.72. The van der Waals surface area contributed by atoms with Gasteiger partial charge in [-0.25, -0.2) is 4.98 Å². The van der Waals surface area contributed by atoms with Crippen molar-refractivity contribution in [3.05, 3.63) is 51.3 Å². The van der Waals surface area contributed by atoms with Gasteiger partial charge in [-0.2, -0.15) is 4.98 Å². The molecule has 0 saturated carbocycles. The summed E-state index contributed by atoms with van der Waals surface area (Å²) in [6.45, 7) is 2.88. The van der Waals surface area contributed by atoms with Crippen molar-refractivity contribution >= 4 is 33.3 Å². The van der Waals surface area contributed by atoms with Gasteiger partial charge in [-0.15, -0.1) is 0 Å². The molecule has 1 aromatic carbocycles. The summed E-state index contributed by atoms with van der Waals surface area (Å²) in [6, 6.07) is 8.29. The number of aryl methyl sites for hydroxylation is 1. The summed E-state index contributed by atoms with van der Waals surface area (Å²) in [4.78, 5) is 10.2. The van der Waals surface area contributed by atoms with Crippen molar-refractivity contribution in [2.24, 2.45) is 0 Å². The summed E-state index contributed by atoms with van der Waals surface area (Å²) in [5, 5.41) is 0.254. The van der Waals surface area contributed by atoms with Crippen LogP contribution in [0.3, 0.4) is 0 Å². The molecule has 0 bridgehead atoms. The van der Waals surface area contributed by atoms with E-state index in [9.17, 15) is 0 Å². The number of hydrogen-bond acceptors (Lipinski definition) is 3. The van der Waals surface area contributed by atoms with Gasteiger partial charge in [0, 0.05) is 19.8 Å². The normalized spacial score (nSPS) is 10.4. The maximum Gasteiger partial charge on any atom is 0.224 e. The summed E-state index contributed by atoms with van der Waals surface area (Å²) in [5.74, 6) is 0.790. The third-order valence-corrected chi connectivity index (χ3v) is 3.47. The molecule has 2 aromatic rings. The highest BCUT2D eigenvalue weighted by Gasteiger charge is 2.10. The monoisotopic (exact) mass is 325 g/mol. The molecule has 1 aromatic heterocycles. The number of aromatic nitrogens is 2. The fourth-order valence-corrected chi connectivity index (χ4v) is 2.35. The van der Waals surface area contributed by atoms with Gasteiger partial charge < -0.3 is 4.90 Å². The maximum atomic E-state index is 5.83. The molecule has 0 atom stereocenters. The van der Waals surface area contributed by atoms with Crippen LogP contribution in [-0.4, -0.2) is 17.0 Å². The molecule has 0 aliphatic carbocycles. The van der Waals surface area contributed by atoms with E-state index in [1.165, 1.54) is 11.1 Å². The number of benzene rings is 1. The summed E-state index contributed by atoms with van der Waals surface area (Å²) >= 11 is 9.26. The van der Waals surface area contributed by atoms with E-state index in [1.807, 2.05) is 24.1 Å². The Morgan fingerprint density at radius 1 is 1.33 bits per heavy atom. The Bertz CT molecular complexity index is 560. The fraction of sp³-hybridized carbons (Fsp3) is 0.231. The van der Waals surface area contributed by atoms with Gasteiger partial charge >= 0.3 is 0 Å². The zero-order valence-corrected chi connectivity index (χ0v) is 12.5. The Morgan fingerprint density at radius 3 is 2.78 bits per heavy atom. The van der Waals surface area contributed by atoms with Crippen LogP contribution in [-0.2, 0) is 6.54 Å². The molecule has 0 amide bonds. The van der Waals surface area contributed by atoms with E-state index in [-0.39, 0.29) is 5.28 Å². The summed E-state index contributed by atoms with van der Waals surface area (Å²) in [7, 11) is 1.98. The van der Waals surface area contributed by atoms with Crippen LogP contribution in [0.4, 0.5) is 5.82 Å². The van der Waals surface area contributed by atoms with Crippen molar-refractivity contribution in [3.8, 4) is 0 Å². The summed E-state index contributed by atoms with van der Waals surface area (Å²) in [5.41, 5.74) is 2.53. The molecule has 0 radical (unpaired) electrons. The minimum Gasteiger partial charge on any atom is -0.354 e. The van der Waals surface area contributed by atoms with E-state index in [0.29, 0.717) is 0 Å². The van der Waals surface area contributed by atoms with E-state index >= 15 is 0 Å². The van der Waals surface area contributed by atoms with E-state index in [2.05, 4.69) is 45.0 Å². The van der Waals surface area contributed by atoms with Crippen molar-refractivity contribution in [1.29, 1.82) is 0 Å². The van der Waals surface area contributed by atoms with Crippen LogP contribution < -0.4 is 4.90 Å². The Hall–Kier alpha value is -1.13. The first-order chi connectivity index (χ1) is 8.58. The molecule has 0 N–H and O–H groups in total. The van der Waals surface area contributed by atoms with Gasteiger partial charge in [0.15, 0.2) is 0 Å². The second kappa shape index (κ2) is 5.67. The first kappa shape index (κ1) is 13.3.